The molecule has 0 spiro atoms. The number of rotatable bonds is 6. The molecule has 0 amide bonds. The largest absolute Gasteiger partial charge is 0.461 e. The molecule has 0 aliphatic carbocycles. The minimum Gasteiger partial charge on any atom is -0.461 e. The van der Waals surface area contributed by atoms with Gasteiger partial charge in [0.25, 0.3) is 0 Å². The molecule has 10 nitrogen and oxygen atoms in total. The SMILES string of the molecule is c1coc(-c2noc(CN3CCN(Cc4nc(-c5ccco5)no4)CC3)n2)c1. The molecule has 0 N–H and O–H groups in total. The monoisotopic (exact) mass is 382 g/mol. The fourth-order valence-electron chi connectivity index (χ4n) is 3.14. The highest BCUT2D eigenvalue weighted by atomic mass is 16.5. The van der Waals surface area contributed by atoms with E-state index in [4.69, 9.17) is 17.9 Å². The maximum atomic E-state index is 5.33. The van der Waals surface area contributed by atoms with Crippen molar-refractivity contribution in [2.45, 2.75) is 13.1 Å². The lowest BCUT2D eigenvalue weighted by Gasteiger charge is -2.32. The topological polar surface area (TPSA) is 111 Å². The van der Waals surface area contributed by atoms with Crippen LogP contribution in [0.15, 0.2) is 54.7 Å². The van der Waals surface area contributed by atoms with Gasteiger partial charge in [-0.1, -0.05) is 10.3 Å². The van der Waals surface area contributed by atoms with Crippen LogP contribution in [0.2, 0.25) is 0 Å². The van der Waals surface area contributed by atoms with Crippen molar-refractivity contribution in [1.82, 2.24) is 30.1 Å². The second-order valence-electron chi connectivity index (χ2n) is 6.53. The van der Waals surface area contributed by atoms with Crippen LogP contribution < -0.4 is 0 Å². The van der Waals surface area contributed by atoms with E-state index in [0.717, 1.165) is 26.2 Å². The molecule has 28 heavy (non-hydrogen) atoms. The van der Waals surface area contributed by atoms with E-state index in [2.05, 4.69) is 30.1 Å². The molecule has 144 valence electrons. The first-order valence-electron chi connectivity index (χ1n) is 9.01. The molecule has 0 aromatic carbocycles. The van der Waals surface area contributed by atoms with E-state index in [1.807, 2.05) is 12.1 Å². The Morgan fingerprint density at radius 3 is 1.57 bits per heavy atom. The number of hydrogen-bond acceptors (Lipinski definition) is 10. The van der Waals surface area contributed by atoms with Crippen LogP contribution in [0.25, 0.3) is 23.2 Å². The summed E-state index contributed by atoms with van der Waals surface area (Å²) < 4.78 is 21.2. The number of aromatic nitrogens is 4. The van der Waals surface area contributed by atoms with Crippen molar-refractivity contribution >= 4 is 0 Å². The van der Waals surface area contributed by atoms with Crippen LogP contribution in [-0.2, 0) is 13.1 Å². The Morgan fingerprint density at radius 1 is 0.714 bits per heavy atom. The molecular weight excluding hydrogens is 364 g/mol. The molecule has 0 bridgehead atoms. The minimum absolute atomic E-state index is 0.474. The molecule has 1 fully saturated rings. The first kappa shape index (κ1) is 16.9. The van der Waals surface area contributed by atoms with E-state index >= 15 is 0 Å². The third-order valence-corrected chi connectivity index (χ3v) is 4.60. The van der Waals surface area contributed by atoms with E-state index in [9.17, 15) is 0 Å². The summed E-state index contributed by atoms with van der Waals surface area (Å²) in [5, 5.41) is 7.93. The van der Waals surface area contributed by atoms with Gasteiger partial charge in [-0.2, -0.15) is 9.97 Å². The van der Waals surface area contributed by atoms with Crippen LogP contribution >= 0.6 is 0 Å². The molecule has 5 rings (SSSR count). The molecule has 1 saturated heterocycles. The zero-order valence-electron chi connectivity index (χ0n) is 15.0. The fourth-order valence-corrected chi connectivity index (χ4v) is 3.14. The smallest absolute Gasteiger partial charge is 0.241 e. The molecule has 0 atom stereocenters. The van der Waals surface area contributed by atoms with Crippen LogP contribution in [0.3, 0.4) is 0 Å². The van der Waals surface area contributed by atoms with Crippen molar-refractivity contribution < 1.29 is 17.9 Å². The number of furan rings is 2. The van der Waals surface area contributed by atoms with Crippen molar-refractivity contribution in [2.75, 3.05) is 26.2 Å². The average molecular weight is 382 g/mol. The molecule has 5 heterocycles. The highest BCUT2D eigenvalue weighted by Gasteiger charge is 2.22. The first-order valence-corrected chi connectivity index (χ1v) is 9.01. The van der Waals surface area contributed by atoms with Gasteiger partial charge in [-0.15, -0.1) is 0 Å². The highest BCUT2D eigenvalue weighted by molar-refractivity contribution is 5.45. The van der Waals surface area contributed by atoms with Crippen molar-refractivity contribution in [1.29, 1.82) is 0 Å². The summed E-state index contributed by atoms with van der Waals surface area (Å²) in [7, 11) is 0. The molecule has 0 saturated carbocycles. The zero-order chi connectivity index (χ0) is 18.8. The van der Waals surface area contributed by atoms with Gasteiger partial charge in [-0.3, -0.25) is 9.80 Å². The molecule has 10 heteroatoms. The van der Waals surface area contributed by atoms with Crippen LogP contribution in [0.4, 0.5) is 0 Å². The predicted octanol–water partition coefficient (Wildman–Crippen LogP) is 2.29. The number of piperazine rings is 1. The molecule has 4 aromatic heterocycles. The summed E-state index contributed by atoms with van der Waals surface area (Å²) in [6.45, 7) is 4.78. The molecule has 1 aliphatic rings. The first-order chi connectivity index (χ1) is 13.8. The third kappa shape index (κ3) is 3.59. The predicted molar refractivity (Wildman–Crippen MR) is 94.6 cm³/mol. The Bertz CT molecular complexity index is 916. The van der Waals surface area contributed by atoms with Crippen molar-refractivity contribution in [3.8, 4) is 23.2 Å². The standard InChI is InChI=1S/C18H18N6O4/c1-3-13(25-9-1)17-19-15(27-21-17)11-23-5-7-24(8-6-23)12-16-20-18(22-28-16)14-4-2-10-26-14/h1-4,9-10H,5-8,11-12H2. The Kier molecular flexibility index (Phi) is 4.47. The van der Waals surface area contributed by atoms with Gasteiger partial charge in [0.1, 0.15) is 0 Å². The minimum atomic E-state index is 0.474. The summed E-state index contributed by atoms with van der Waals surface area (Å²) in [5.74, 6) is 3.33. The fraction of sp³-hybridized carbons (Fsp3) is 0.333. The maximum Gasteiger partial charge on any atom is 0.241 e. The second kappa shape index (κ2) is 7.41. The van der Waals surface area contributed by atoms with Crippen LogP contribution in [0.1, 0.15) is 11.8 Å². The lowest BCUT2D eigenvalue weighted by atomic mass is 10.3. The van der Waals surface area contributed by atoms with Crippen molar-refractivity contribution in [2.24, 2.45) is 0 Å². The van der Waals surface area contributed by atoms with E-state index in [1.54, 1.807) is 24.7 Å². The quantitative estimate of drug-likeness (QED) is 0.492. The summed E-state index contributed by atoms with van der Waals surface area (Å²) >= 11 is 0. The maximum absolute atomic E-state index is 5.33. The Balaban J connectivity index is 1.13. The van der Waals surface area contributed by atoms with E-state index in [0.29, 0.717) is 48.0 Å². The second-order valence-corrected chi connectivity index (χ2v) is 6.53. The van der Waals surface area contributed by atoms with E-state index in [1.165, 1.54) is 0 Å². The average Bonchev–Trinajstić information content (AvgIpc) is 3.50. The van der Waals surface area contributed by atoms with Gasteiger partial charge in [0, 0.05) is 26.2 Å². The molecule has 0 unspecified atom stereocenters. The van der Waals surface area contributed by atoms with E-state index < -0.39 is 0 Å². The number of nitrogens with zero attached hydrogens (tertiary/aromatic N) is 6. The lowest BCUT2D eigenvalue weighted by Crippen LogP contribution is -2.45. The molecular formula is C18H18N6O4. The van der Waals surface area contributed by atoms with Gasteiger partial charge in [0.05, 0.1) is 25.6 Å². The lowest BCUT2D eigenvalue weighted by molar-refractivity contribution is 0.103. The van der Waals surface area contributed by atoms with Gasteiger partial charge in [-0.25, -0.2) is 0 Å². The summed E-state index contributed by atoms with van der Waals surface area (Å²) in [6.07, 6.45) is 3.18. The normalized spacial score (nSPS) is 16.0. The van der Waals surface area contributed by atoms with Crippen molar-refractivity contribution in [3.05, 3.63) is 48.6 Å². The highest BCUT2D eigenvalue weighted by Crippen LogP contribution is 2.18. The number of hydrogen-bond donors (Lipinski definition) is 0. The van der Waals surface area contributed by atoms with Gasteiger partial charge in [0.2, 0.25) is 23.4 Å². The van der Waals surface area contributed by atoms with Gasteiger partial charge >= 0.3 is 0 Å². The van der Waals surface area contributed by atoms with E-state index in [-0.39, 0.29) is 0 Å². The summed E-state index contributed by atoms with van der Waals surface area (Å²) in [6, 6.07) is 7.21. The third-order valence-electron chi connectivity index (χ3n) is 4.60. The molecule has 4 aromatic rings. The zero-order valence-corrected chi connectivity index (χ0v) is 15.0. The van der Waals surface area contributed by atoms with Crippen LogP contribution in [0, 0.1) is 0 Å². The molecule has 0 radical (unpaired) electrons. The van der Waals surface area contributed by atoms with Crippen LogP contribution in [0.5, 0.6) is 0 Å². The summed E-state index contributed by atoms with van der Waals surface area (Å²) in [4.78, 5) is 13.3. The Morgan fingerprint density at radius 2 is 1.18 bits per heavy atom. The van der Waals surface area contributed by atoms with Crippen LogP contribution in [-0.4, -0.2) is 56.3 Å². The Hall–Kier alpha value is -3.24. The van der Waals surface area contributed by atoms with Gasteiger partial charge in [-0.05, 0) is 24.3 Å². The summed E-state index contributed by atoms with van der Waals surface area (Å²) in [5.41, 5.74) is 0. The Labute approximate surface area is 159 Å². The van der Waals surface area contributed by atoms with Crippen molar-refractivity contribution in [3.63, 3.8) is 0 Å². The van der Waals surface area contributed by atoms with Gasteiger partial charge < -0.3 is 17.9 Å². The molecule has 1 aliphatic heterocycles. The van der Waals surface area contributed by atoms with Gasteiger partial charge in [0.15, 0.2) is 11.5 Å².